The topological polar surface area (TPSA) is 24.4 Å². The lowest BCUT2D eigenvalue weighted by molar-refractivity contribution is 1.12. The van der Waals surface area contributed by atoms with Gasteiger partial charge in [-0.3, -0.25) is 4.99 Å². The molecule has 1 heterocycles. The molecule has 2 nitrogen and oxygen atoms in total. The molecule has 0 aliphatic carbocycles. The first-order chi connectivity index (χ1) is 3.39. The van der Waals surface area contributed by atoms with Gasteiger partial charge in [-0.05, 0) is 22.0 Å². The Hall–Kier alpha value is -0.310. The molecule has 7 heavy (non-hydrogen) atoms. The summed E-state index contributed by atoms with van der Waals surface area (Å²) in [6.45, 7) is 0.785. The number of aliphatic imine (C=N–C) groups is 1. The molecule has 0 saturated carbocycles. The van der Waals surface area contributed by atoms with E-state index in [1.165, 1.54) is 0 Å². The molecule has 0 spiro atoms. The number of nitrogens with one attached hydrogen (secondary N) is 1. The van der Waals surface area contributed by atoms with Crippen molar-refractivity contribution < 1.29 is 0 Å². The standard InChI is InChI=1S/C4H5BrN2/c5-4-1-2-6-3-7-4/h1,3H,2H2,(H,6,7). The minimum absolute atomic E-state index is 0.785. The molecule has 0 saturated heterocycles. The zero-order chi connectivity index (χ0) is 5.11. The minimum Gasteiger partial charge on any atom is -0.341 e. The second kappa shape index (κ2) is 2.12. The number of hydrogen-bond acceptors (Lipinski definition) is 2. The highest BCUT2D eigenvalue weighted by atomic mass is 79.9. The van der Waals surface area contributed by atoms with Crippen molar-refractivity contribution in [3.8, 4) is 0 Å². The highest BCUT2D eigenvalue weighted by Crippen LogP contribution is 1.99. The van der Waals surface area contributed by atoms with Gasteiger partial charge in [-0.1, -0.05) is 0 Å². The summed E-state index contributed by atoms with van der Waals surface area (Å²) in [6.07, 6.45) is 3.63. The van der Waals surface area contributed by atoms with E-state index in [9.17, 15) is 0 Å². The van der Waals surface area contributed by atoms with Gasteiger partial charge in [0.05, 0.1) is 17.5 Å². The quantitative estimate of drug-likeness (QED) is 0.523. The summed E-state index contributed by atoms with van der Waals surface area (Å²) in [5.74, 6) is 0. The van der Waals surface area contributed by atoms with E-state index in [-0.39, 0.29) is 0 Å². The van der Waals surface area contributed by atoms with Gasteiger partial charge in [-0.2, -0.15) is 0 Å². The average Bonchev–Trinajstić information content (AvgIpc) is 1.69. The molecular formula is C4H5BrN2. The summed E-state index contributed by atoms with van der Waals surface area (Å²) in [7, 11) is 0. The number of hydrogen-bond donors (Lipinski definition) is 1. The Kier molecular flexibility index (Phi) is 1.46. The third-order valence-corrected chi connectivity index (χ3v) is 1.22. The van der Waals surface area contributed by atoms with E-state index in [4.69, 9.17) is 0 Å². The van der Waals surface area contributed by atoms with Crippen LogP contribution in [0.15, 0.2) is 15.7 Å². The molecule has 0 radical (unpaired) electrons. The zero-order valence-electron chi connectivity index (χ0n) is 3.69. The Morgan fingerprint density at radius 3 is 3.00 bits per heavy atom. The summed E-state index contributed by atoms with van der Waals surface area (Å²) in [5, 5.41) is 2.87. The van der Waals surface area contributed by atoms with Crippen LogP contribution in [-0.2, 0) is 0 Å². The third-order valence-electron chi connectivity index (χ3n) is 0.670. The van der Waals surface area contributed by atoms with Crippen LogP contribution in [0.1, 0.15) is 0 Å². The molecule has 0 fully saturated rings. The maximum absolute atomic E-state index is 3.88. The second-order valence-electron chi connectivity index (χ2n) is 1.19. The van der Waals surface area contributed by atoms with Gasteiger partial charge < -0.3 is 5.32 Å². The first-order valence-electron chi connectivity index (χ1n) is 2.00. The Labute approximate surface area is 50.5 Å². The van der Waals surface area contributed by atoms with Crippen LogP contribution in [0, 0.1) is 0 Å². The minimum atomic E-state index is 0.785. The van der Waals surface area contributed by atoms with Gasteiger partial charge in [0.25, 0.3) is 0 Å². The normalized spacial score (nSPS) is 18.1. The van der Waals surface area contributed by atoms with E-state index >= 15 is 0 Å². The van der Waals surface area contributed by atoms with E-state index < -0.39 is 0 Å². The van der Waals surface area contributed by atoms with Gasteiger partial charge in [0.2, 0.25) is 0 Å². The molecular weight excluding hydrogens is 156 g/mol. The van der Waals surface area contributed by atoms with Crippen LogP contribution in [0.5, 0.6) is 0 Å². The lowest BCUT2D eigenvalue weighted by atomic mass is 10.6. The lowest BCUT2D eigenvalue weighted by Gasteiger charge is -1.99. The smallest absolute Gasteiger partial charge is 0.0875 e. The molecule has 1 aliphatic rings. The first-order valence-corrected chi connectivity index (χ1v) is 2.79. The Balaban J connectivity index is 2.50. The maximum atomic E-state index is 3.88. The van der Waals surface area contributed by atoms with E-state index in [0.717, 1.165) is 11.2 Å². The summed E-state index contributed by atoms with van der Waals surface area (Å²) < 4.78 is 1.00. The van der Waals surface area contributed by atoms with Crippen molar-refractivity contribution in [2.75, 3.05) is 6.54 Å². The molecule has 3 heteroatoms. The van der Waals surface area contributed by atoms with Crippen LogP contribution in [0.25, 0.3) is 0 Å². The molecule has 0 amide bonds. The Morgan fingerprint density at radius 2 is 2.71 bits per heavy atom. The number of nitrogens with zero attached hydrogens (tertiary/aromatic N) is 1. The summed E-state index contributed by atoms with van der Waals surface area (Å²) >= 11 is 3.25. The fraction of sp³-hybridized carbons (Fsp3) is 0.250. The molecule has 38 valence electrons. The highest BCUT2D eigenvalue weighted by molar-refractivity contribution is 9.11. The van der Waals surface area contributed by atoms with Crippen LogP contribution in [0.4, 0.5) is 0 Å². The zero-order valence-corrected chi connectivity index (χ0v) is 5.27. The molecule has 0 bridgehead atoms. The Bertz CT molecular complexity index is 117. The van der Waals surface area contributed by atoms with E-state index in [0.29, 0.717) is 0 Å². The SMILES string of the molecule is BrC1=CCN=CN1. The highest BCUT2D eigenvalue weighted by Gasteiger charge is 1.87. The number of rotatable bonds is 0. The predicted octanol–water partition coefficient (Wildman–Crippen LogP) is 0.854. The first kappa shape index (κ1) is 4.84. The number of halogens is 1. The van der Waals surface area contributed by atoms with E-state index in [1.807, 2.05) is 6.08 Å². The fourth-order valence-corrected chi connectivity index (χ4v) is 0.599. The van der Waals surface area contributed by atoms with Gasteiger partial charge in [-0.15, -0.1) is 0 Å². The van der Waals surface area contributed by atoms with Crippen molar-refractivity contribution >= 4 is 22.3 Å². The summed E-state index contributed by atoms with van der Waals surface area (Å²) in [6, 6.07) is 0. The summed E-state index contributed by atoms with van der Waals surface area (Å²) in [4.78, 5) is 3.88. The average molecular weight is 161 g/mol. The Morgan fingerprint density at radius 1 is 1.86 bits per heavy atom. The van der Waals surface area contributed by atoms with Gasteiger partial charge >= 0.3 is 0 Å². The molecule has 0 aromatic heterocycles. The van der Waals surface area contributed by atoms with E-state index in [1.54, 1.807) is 6.34 Å². The molecule has 1 aliphatic heterocycles. The van der Waals surface area contributed by atoms with Gasteiger partial charge in [0.1, 0.15) is 0 Å². The lowest BCUT2D eigenvalue weighted by Crippen LogP contribution is -2.09. The predicted molar refractivity (Wildman–Crippen MR) is 33.5 cm³/mol. The van der Waals surface area contributed by atoms with Crippen molar-refractivity contribution in [1.82, 2.24) is 5.32 Å². The monoisotopic (exact) mass is 160 g/mol. The van der Waals surface area contributed by atoms with Gasteiger partial charge in [-0.25, -0.2) is 0 Å². The third kappa shape index (κ3) is 1.31. The van der Waals surface area contributed by atoms with Crippen LogP contribution in [0.2, 0.25) is 0 Å². The van der Waals surface area contributed by atoms with Gasteiger partial charge in [0, 0.05) is 0 Å². The van der Waals surface area contributed by atoms with Crippen molar-refractivity contribution in [2.45, 2.75) is 0 Å². The van der Waals surface area contributed by atoms with E-state index in [2.05, 4.69) is 26.2 Å². The van der Waals surface area contributed by atoms with Crippen LogP contribution < -0.4 is 5.32 Å². The molecule has 0 aromatic rings. The van der Waals surface area contributed by atoms with Crippen molar-refractivity contribution in [1.29, 1.82) is 0 Å². The molecule has 0 atom stereocenters. The van der Waals surface area contributed by atoms with Crippen LogP contribution in [0.3, 0.4) is 0 Å². The molecule has 0 unspecified atom stereocenters. The van der Waals surface area contributed by atoms with Crippen molar-refractivity contribution in [3.63, 3.8) is 0 Å². The largest absolute Gasteiger partial charge is 0.341 e. The fourth-order valence-electron chi connectivity index (χ4n) is 0.352. The molecule has 1 rings (SSSR count). The molecule has 0 aromatic carbocycles. The maximum Gasteiger partial charge on any atom is 0.0875 e. The second-order valence-corrected chi connectivity index (χ2v) is 2.04. The van der Waals surface area contributed by atoms with Crippen molar-refractivity contribution in [3.05, 3.63) is 10.7 Å². The van der Waals surface area contributed by atoms with Crippen molar-refractivity contribution in [2.24, 2.45) is 4.99 Å². The van der Waals surface area contributed by atoms with Gasteiger partial charge in [0.15, 0.2) is 0 Å². The van der Waals surface area contributed by atoms with Crippen LogP contribution >= 0.6 is 15.9 Å². The summed E-state index contributed by atoms with van der Waals surface area (Å²) in [5.41, 5.74) is 0. The molecule has 1 N–H and O–H groups in total. The van der Waals surface area contributed by atoms with Crippen LogP contribution in [-0.4, -0.2) is 12.9 Å².